The third kappa shape index (κ3) is 12.4. The molecule has 0 fully saturated rings. The summed E-state index contributed by atoms with van der Waals surface area (Å²) in [7, 11) is 0. The summed E-state index contributed by atoms with van der Waals surface area (Å²) in [6, 6.07) is -2.77. The molecule has 0 bridgehead atoms. The van der Waals surface area contributed by atoms with Crippen molar-refractivity contribution in [3.63, 3.8) is 0 Å². The van der Waals surface area contributed by atoms with Crippen LogP contribution >= 0.6 is 0 Å². The van der Waals surface area contributed by atoms with Gasteiger partial charge < -0.3 is 38.3 Å². The highest BCUT2D eigenvalue weighted by molar-refractivity contribution is 5.92. The molecule has 0 aliphatic rings. The van der Waals surface area contributed by atoms with Crippen LogP contribution in [0.4, 0.5) is 0 Å². The van der Waals surface area contributed by atoms with Gasteiger partial charge in [0.1, 0.15) is 12.1 Å². The first kappa shape index (κ1) is 28.1. The number of amides is 3. The van der Waals surface area contributed by atoms with Gasteiger partial charge in [-0.05, 0) is 31.1 Å². The summed E-state index contributed by atoms with van der Waals surface area (Å²) in [5, 5.41) is 16.6. The second-order valence-electron chi connectivity index (χ2n) is 8.09. The number of hydrogen-bond acceptors (Lipinski definition) is 6. The zero-order valence-electron chi connectivity index (χ0n) is 18.7. The van der Waals surface area contributed by atoms with E-state index >= 15 is 0 Å². The predicted octanol–water partition coefficient (Wildman–Crippen LogP) is -1.76. The highest BCUT2D eigenvalue weighted by Gasteiger charge is 2.26. The van der Waals surface area contributed by atoms with Crippen LogP contribution in [-0.4, -0.2) is 66.0 Å². The number of carbonyl (C=O) groups excluding carboxylic acids is 3. The van der Waals surface area contributed by atoms with Crippen molar-refractivity contribution < 1.29 is 24.3 Å². The molecule has 3 amide bonds. The minimum Gasteiger partial charge on any atom is -0.480 e. The zero-order chi connectivity index (χ0) is 24.1. The topological polar surface area (TPSA) is 215 Å². The van der Waals surface area contributed by atoms with Crippen LogP contribution in [0.3, 0.4) is 0 Å². The van der Waals surface area contributed by atoms with Crippen molar-refractivity contribution in [1.82, 2.24) is 16.0 Å². The van der Waals surface area contributed by atoms with Crippen molar-refractivity contribution in [3.8, 4) is 0 Å². The van der Waals surface area contributed by atoms with E-state index in [0.717, 1.165) is 0 Å². The molecule has 0 aromatic carbocycles. The Morgan fingerprint density at radius 3 is 2.06 bits per heavy atom. The van der Waals surface area contributed by atoms with Gasteiger partial charge in [0, 0.05) is 6.54 Å². The van der Waals surface area contributed by atoms with Crippen molar-refractivity contribution in [1.29, 1.82) is 0 Å². The highest BCUT2D eigenvalue weighted by Crippen LogP contribution is 2.07. The fraction of sp³-hybridized carbons (Fsp3) is 0.737. The lowest BCUT2D eigenvalue weighted by atomic mass is 10.0. The lowest BCUT2D eigenvalue weighted by Gasteiger charge is -2.23. The Morgan fingerprint density at radius 1 is 0.968 bits per heavy atom. The predicted molar refractivity (Wildman–Crippen MR) is 117 cm³/mol. The molecule has 0 heterocycles. The van der Waals surface area contributed by atoms with Gasteiger partial charge in [0.2, 0.25) is 17.7 Å². The molecule has 0 radical (unpaired) electrons. The number of aliphatic carboxylic acids is 1. The Morgan fingerprint density at radius 2 is 1.58 bits per heavy atom. The van der Waals surface area contributed by atoms with Gasteiger partial charge in [-0.15, -0.1) is 0 Å². The summed E-state index contributed by atoms with van der Waals surface area (Å²) in [4.78, 5) is 51.9. The van der Waals surface area contributed by atoms with E-state index in [9.17, 15) is 24.3 Å². The number of nitrogens with zero attached hydrogens (tertiary/aromatic N) is 1. The van der Waals surface area contributed by atoms with E-state index in [1.807, 2.05) is 13.8 Å². The third-order valence-corrected chi connectivity index (χ3v) is 4.36. The summed E-state index contributed by atoms with van der Waals surface area (Å²) in [6.45, 7) is 7.16. The molecule has 0 saturated heterocycles. The molecule has 0 aliphatic carbocycles. The van der Waals surface area contributed by atoms with Crippen LogP contribution < -0.4 is 33.2 Å². The fourth-order valence-corrected chi connectivity index (χ4v) is 2.57. The Hall–Kier alpha value is -2.89. The van der Waals surface area contributed by atoms with Crippen molar-refractivity contribution in [2.75, 3.05) is 13.1 Å². The number of carboxylic acid groups (broad SMARTS) is 1. The first-order valence-electron chi connectivity index (χ1n) is 10.3. The number of guanidine groups is 1. The molecule has 178 valence electrons. The summed E-state index contributed by atoms with van der Waals surface area (Å²) >= 11 is 0. The molecular weight excluding hydrogens is 406 g/mol. The average Bonchev–Trinajstić information content (AvgIpc) is 2.66. The number of rotatable bonds is 14. The molecule has 3 atom stereocenters. The Bertz CT molecular complexity index is 648. The summed E-state index contributed by atoms with van der Waals surface area (Å²) < 4.78 is 0. The lowest BCUT2D eigenvalue weighted by Crippen LogP contribution is -2.54. The number of nitrogens with one attached hydrogen (secondary N) is 3. The second-order valence-corrected chi connectivity index (χ2v) is 8.09. The van der Waals surface area contributed by atoms with Crippen LogP contribution in [0.2, 0.25) is 0 Å². The third-order valence-electron chi connectivity index (χ3n) is 4.36. The first-order valence-corrected chi connectivity index (χ1v) is 10.3. The normalized spacial score (nSPS) is 13.8. The van der Waals surface area contributed by atoms with Gasteiger partial charge in [0.25, 0.3) is 0 Å². The molecule has 10 N–H and O–H groups in total. The van der Waals surface area contributed by atoms with Gasteiger partial charge >= 0.3 is 5.97 Å². The molecule has 31 heavy (non-hydrogen) atoms. The second kappa shape index (κ2) is 14.2. The Balaban J connectivity index is 4.79. The molecule has 0 aromatic heterocycles. The lowest BCUT2D eigenvalue weighted by molar-refractivity contribution is -0.142. The van der Waals surface area contributed by atoms with Gasteiger partial charge in [-0.2, -0.15) is 0 Å². The fourth-order valence-electron chi connectivity index (χ4n) is 2.57. The first-order chi connectivity index (χ1) is 14.3. The Kier molecular flexibility index (Phi) is 12.9. The van der Waals surface area contributed by atoms with E-state index in [1.54, 1.807) is 13.8 Å². The monoisotopic (exact) mass is 443 g/mol. The van der Waals surface area contributed by atoms with Crippen LogP contribution in [0, 0.1) is 11.8 Å². The maximum absolute atomic E-state index is 12.5. The van der Waals surface area contributed by atoms with E-state index in [1.165, 1.54) is 0 Å². The van der Waals surface area contributed by atoms with E-state index in [-0.39, 0.29) is 30.8 Å². The number of hydrogen-bond donors (Lipinski definition) is 7. The molecule has 0 spiro atoms. The van der Waals surface area contributed by atoms with Gasteiger partial charge in [-0.1, -0.05) is 27.7 Å². The standard InChI is InChI=1S/C19H37N7O5/c1-10(2)8-13(26-17(29)15(20)11(3)4)16(28)24-9-14(27)25-12(18(30)31)6-5-7-23-19(21)22/h10-13,15H,5-9,20H2,1-4H3,(H,24,28)(H,25,27)(H,26,29)(H,30,31)(H4,21,22,23). The molecule has 3 unspecified atom stereocenters. The van der Waals surface area contributed by atoms with E-state index in [0.29, 0.717) is 12.8 Å². The van der Waals surface area contributed by atoms with Gasteiger partial charge in [0.05, 0.1) is 12.6 Å². The quantitative estimate of drug-likeness (QED) is 0.0924. The maximum Gasteiger partial charge on any atom is 0.326 e. The maximum atomic E-state index is 12.5. The molecule has 12 heteroatoms. The average molecular weight is 444 g/mol. The molecule has 12 nitrogen and oxygen atoms in total. The molecule has 0 rings (SSSR count). The summed E-state index contributed by atoms with van der Waals surface area (Å²) in [6.07, 6.45) is 0.817. The van der Waals surface area contributed by atoms with E-state index in [4.69, 9.17) is 17.2 Å². The highest BCUT2D eigenvalue weighted by atomic mass is 16.4. The molecule has 0 saturated carbocycles. The van der Waals surface area contributed by atoms with Crippen molar-refractivity contribution in [2.45, 2.75) is 65.1 Å². The summed E-state index contributed by atoms with van der Waals surface area (Å²) in [5.41, 5.74) is 16.2. The van der Waals surface area contributed by atoms with Crippen molar-refractivity contribution in [2.24, 2.45) is 34.0 Å². The van der Waals surface area contributed by atoms with Crippen molar-refractivity contribution >= 4 is 29.7 Å². The summed E-state index contributed by atoms with van der Waals surface area (Å²) in [5.74, 6) is -2.99. The number of nitrogens with two attached hydrogens (primary N) is 3. The van der Waals surface area contributed by atoms with E-state index < -0.39 is 48.4 Å². The Labute approximate surface area is 182 Å². The number of aliphatic imine (C=N–C) groups is 1. The molecule has 0 aliphatic heterocycles. The van der Waals surface area contributed by atoms with Crippen molar-refractivity contribution in [3.05, 3.63) is 0 Å². The molecular formula is C19H37N7O5. The SMILES string of the molecule is CC(C)CC(NC(=O)C(N)C(C)C)C(=O)NCC(=O)NC(CCCN=C(N)N)C(=O)O. The largest absolute Gasteiger partial charge is 0.480 e. The smallest absolute Gasteiger partial charge is 0.326 e. The van der Waals surface area contributed by atoms with Crippen LogP contribution in [-0.2, 0) is 19.2 Å². The number of carbonyl (C=O) groups is 4. The number of carboxylic acids is 1. The van der Waals surface area contributed by atoms with Crippen LogP contribution in [0.5, 0.6) is 0 Å². The van der Waals surface area contributed by atoms with Crippen LogP contribution in [0.15, 0.2) is 4.99 Å². The minimum atomic E-state index is -1.21. The van der Waals surface area contributed by atoms with Crippen LogP contribution in [0.25, 0.3) is 0 Å². The minimum absolute atomic E-state index is 0.0989. The zero-order valence-corrected chi connectivity index (χ0v) is 18.7. The van der Waals surface area contributed by atoms with Crippen LogP contribution in [0.1, 0.15) is 47.0 Å². The van der Waals surface area contributed by atoms with Gasteiger partial charge in [-0.25, -0.2) is 4.79 Å². The molecule has 0 aromatic rings. The van der Waals surface area contributed by atoms with Gasteiger partial charge in [0.15, 0.2) is 5.96 Å². The van der Waals surface area contributed by atoms with Gasteiger partial charge in [-0.3, -0.25) is 19.4 Å². The van der Waals surface area contributed by atoms with E-state index in [2.05, 4.69) is 20.9 Å².